The van der Waals surface area contributed by atoms with E-state index >= 15 is 0 Å². The second-order valence-electron chi connectivity index (χ2n) is 5.26. The Kier molecular flexibility index (Phi) is 3.80. The lowest BCUT2D eigenvalue weighted by molar-refractivity contribution is 0.389. The summed E-state index contributed by atoms with van der Waals surface area (Å²) < 4.78 is 5.57. The second kappa shape index (κ2) is 5.72. The van der Waals surface area contributed by atoms with Gasteiger partial charge in [0, 0.05) is 13.0 Å². The van der Waals surface area contributed by atoms with E-state index in [1.807, 2.05) is 13.0 Å². The number of aryl methyl sites for hydroxylation is 1. The lowest BCUT2D eigenvalue weighted by Crippen LogP contribution is -2.40. The van der Waals surface area contributed by atoms with Gasteiger partial charge in [-0.2, -0.15) is 0 Å². The normalized spacial score (nSPS) is 17.1. The Bertz CT molecular complexity index is 543. The zero-order chi connectivity index (χ0) is 13.1. The fraction of sp³-hybridized carbons (Fsp3) is 0.533. The van der Waals surface area contributed by atoms with Gasteiger partial charge in [-0.15, -0.1) is 0 Å². The molecule has 0 amide bonds. The van der Waals surface area contributed by atoms with Crippen molar-refractivity contribution in [1.82, 2.24) is 15.6 Å². The molecule has 1 aromatic carbocycles. The molecule has 1 aromatic heterocycles. The van der Waals surface area contributed by atoms with Gasteiger partial charge in [0.25, 0.3) is 0 Å². The summed E-state index contributed by atoms with van der Waals surface area (Å²) in [6, 6.07) is 6.98. The molecule has 0 saturated carbocycles. The standard InChI is InChI=1S/C15H21N3O/c1-11-18-14-3-2-12(10-15(14)19-11)4-9-17-13-5-7-16-8-6-13/h2-3,10,13,16-17H,4-9H2,1H3. The number of benzene rings is 1. The van der Waals surface area contributed by atoms with Crippen LogP contribution in [0.1, 0.15) is 24.3 Å². The predicted octanol–water partition coefficient (Wildman–Crippen LogP) is 2.02. The fourth-order valence-electron chi connectivity index (χ4n) is 2.69. The second-order valence-corrected chi connectivity index (χ2v) is 5.26. The molecule has 0 unspecified atom stereocenters. The zero-order valence-electron chi connectivity index (χ0n) is 11.4. The van der Waals surface area contributed by atoms with Crippen molar-refractivity contribution in [3.05, 3.63) is 29.7 Å². The van der Waals surface area contributed by atoms with E-state index in [1.165, 1.54) is 18.4 Å². The molecule has 2 N–H and O–H groups in total. The van der Waals surface area contributed by atoms with Crippen molar-refractivity contribution in [2.45, 2.75) is 32.2 Å². The molecule has 102 valence electrons. The van der Waals surface area contributed by atoms with Crippen LogP contribution >= 0.6 is 0 Å². The number of hydrogen-bond acceptors (Lipinski definition) is 4. The predicted molar refractivity (Wildman–Crippen MR) is 76.3 cm³/mol. The van der Waals surface area contributed by atoms with Crippen LogP contribution in [0.4, 0.5) is 0 Å². The quantitative estimate of drug-likeness (QED) is 0.882. The number of aromatic nitrogens is 1. The van der Waals surface area contributed by atoms with Gasteiger partial charge >= 0.3 is 0 Å². The van der Waals surface area contributed by atoms with Crippen LogP contribution in [0.5, 0.6) is 0 Å². The van der Waals surface area contributed by atoms with Crippen LogP contribution in [0.25, 0.3) is 11.1 Å². The van der Waals surface area contributed by atoms with Crippen LogP contribution in [0, 0.1) is 6.92 Å². The molecule has 2 aromatic rings. The maximum absolute atomic E-state index is 5.57. The highest BCUT2D eigenvalue weighted by atomic mass is 16.3. The molecule has 1 saturated heterocycles. The number of rotatable bonds is 4. The number of oxazole rings is 1. The summed E-state index contributed by atoms with van der Waals surface area (Å²) in [5, 5.41) is 7.02. The topological polar surface area (TPSA) is 50.1 Å². The number of hydrogen-bond donors (Lipinski definition) is 2. The minimum Gasteiger partial charge on any atom is -0.441 e. The molecule has 1 aliphatic heterocycles. The van der Waals surface area contributed by atoms with Gasteiger partial charge < -0.3 is 15.1 Å². The molecule has 1 aliphatic rings. The van der Waals surface area contributed by atoms with Crippen LogP contribution in [0.3, 0.4) is 0 Å². The van der Waals surface area contributed by atoms with Crippen LogP contribution in [-0.4, -0.2) is 30.7 Å². The van der Waals surface area contributed by atoms with E-state index < -0.39 is 0 Å². The van der Waals surface area contributed by atoms with Gasteiger partial charge in [-0.05, 0) is 56.6 Å². The van der Waals surface area contributed by atoms with Gasteiger partial charge in [-0.3, -0.25) is 0 Å². The molecule has 0 bridgehead atoms. The third-order valence-corrected chi connectivity index (χ3v) is 3.75. The number of nitrogens with one attached hydrogen (secondary N) is 2. The maximum atomic E-state index is 5.57. The van der Waals surface area contributed by atoms with Gasteiger partial charge in [-0.1, -0.05) is 6.07 Å². The highest BCUT2D eigenvalue weighted by Crippen LogP contribution is 2.17. The Hall–Kier alpha value is -1.39. The van der Waals surface area contributed by atoms with Gasteiger partial charge in [0.05, 0.1) is 0 Å². The summed E-state index contributed by atoms with van der Waals surface area (Å²) in [6.07, 6.45) is 3.51. The summed E-state index contributed by atoms with van der Waals surface area (Å²) in [5.74, 6) is 0.736. The highest BCUT2D eigenvalue weighted by molar-refractivity contribution is 5.73. The van der Waals surface area contributed by atoms with Crippen molar-refractivity contribution < 1.29 is 4.42 Å². The molecule has 2 heterocycles. The van der Waals surface area contributed by atoms with E-state index in [2.05, 4.69) is 27.8 Å². The molecular weight excluding hydrogens is 238 g/mol. The molecule has 0 radical (unpaired) electrons. The molecule has 3 rings (SSSR count). The van der Waals surface area contributed by atoms with Crippen LogP contribution in [0.15, 0.2) is 22.6 Å². The van der Waals surface area contributed by atoms with E-state index in [1.54, 1.807) is 0 Å². The van der Waals surface area contributed by atoms with E-state index in [9.17, 15) is 0 Å². The SMILES string of the molecule is Cc1nc2ccc(CCNC3CCNCC3)cc2o1. The summed E-state index contributed by atoms with van der Waals surface area (Å²) in [7, 11) is 0. The Labute approximate surface area is 113 Å². The third kappa shape index (κ3) is 3.14. The molecular formula is C15H21N3O. The first-order valence-corrected chi connectivity index (χ1v) is 7.11. The van der Waals surface area contributed by atoms with E-state index in [0.29, 0.717) is 6.04 Å². The van der Waals surface area contributed by atoms with E-state index in [-0.39, 0.29) is 0 Å². The average molecular weight is 259 g/mol. The zero-order valence-corrected chi connectivity index (χ0v) is 11.4. The Morgan fingerprint density at radius 3 is 3.05 bits per heavy atom. The summed E-state index contributed by atoms with van der Waals surface area (Å²) in [6.45, 7) is 5.20. The van der Waals surface area contributed by atoms with Crippen LogP contribution in [0.2, 0.25) is 0 Å². The molecule has 4 heteroatoms. The number of nitrogens with zero attached hydrogens (tertiary/aromatic N) is 1. The molecule has 4 nitrogen and oxygen atoms in total. The third-order valence-electron chi connectivity index (χ3n) is 3.75. The highest BCUT2D eigenvalue weighted by Gasteiger charge is 2.11. The van der Waals surface area contributed by atoms with Crippen molar-refractivity contribution in [2.24, 2.45) is 0 Å². The van der Waals surface area contributed by atoms with Gasteiger partial charge in [0.1, 0.15) is 5.52 Å². The first-order chi connectivity index (χ1) is 9.31. The van der Waals surface area contributed by atoms with Crippen LogP contribution < -0.4 is 10.6 Å². The summed E-state index contributed by atoms with van der Waals surface area (Å²) in [4.78, 5) is 4.32. The van der Waals surface area contributed by atoms with Gasteiger partial charge in [-0.25, -0.2) is 4.98 Å². The van der Waals surface area contributed by atoms with Gasteiger partial charge in [0.15, 0.2) is 11.5 Å². The minimum absolute atomic E-state index is 0.678. The lowest BCUT2D eigenvalue weighted by Gasteiger charge is -2.23. The Morgan fingerprint density at radius 1 is 1.37 bits per heavy atom. The Balaban J connectivity index is 1.55. The monoisotopic (exact) mass is 259 g/mol. The van der Waals surface area contributed by atoms with Crippen molar-refractivity contribution in [2.75, 3.05) is 19.6 Å². The van der Waals surface area contributed by atoms with Crippen molar-refractivity contribution in [3.8, 4) is 0 Å². The summed E-state index contributed by atoms with van der Waals surface area (Å²) >= 11 is 0. The molecule has 1 fully saturated rings. The summed E-state index contributed by atoms with van der Waals surface area (Å²) in [5.41, 5.74) is 3.16. The fourth-order valence-corrected chi connectivity index (χ4v) is 2.69. The molecule has 19 heavy (non-hydrogen) atoms. The number of piperidine rings is 1. The Morgan fingerprint density at radius 2 is 2.21 bits per heavy atom. The maximum Gasteiger partial charge on any atom is 0.192 e. The molecule has 0 atom stereocenters. The largest absolute Gasteiger partial charge is 0.441 e. The van der Waals surface area contributed by atoms with Crippen molar-refractivity contribution >= 4 is 11.1 Å². The van der Waals surface area contributed by atoms with Crippen molar-refractivity contribution in [3.63, 3.8) is 0 Å². The van der Waals surface area contributed by atoms with E-state index in [0.717, 1.165) is 43.0 Å². The van der Waals surface area contributed by atoms with Crippen LogP contribution in [-0.2, 0) is 6.42 Å². The number of fused-ring (bicyclic) bond motifs is 1. The first-order valence-electron chi connectivity index (χ1n) is 7.11. The molecule has 0 aliphatic carbocycles. The van der Waals surface area contributed by atoms with E-state index in [4.69, 9.17) is 4.42 Å². The minimum atomic E-state index is 0.678. The van der Waals surface area contributed by atoms with Crippen molar-refractivity contribution in [1.29, 1.82) is 0 Å². The molecule has 0 spiro atoms. The van der Waals surface area contributed by atoms with Gasteiger partial charge in [0.2, 0.25) is 0 Å². The lowest BCUT2D eigenvalue weighted by atomic mass is 10.1. The average Bonchev–Trinajstić information content (AvgIpc) is 2.79. The first kappa shape index (κ1) is 12.6. The smallest absolute Gasteiger partial charge is 0.192 e.